The third-order valence-corrected chi connectivity index (χ3v) is 4.11. The van der Waals surface area contributed by atoms with Crippen LogP contribution >= 0.6 is 0 Å². The van der Waals surface area contributed by atoms with Gasteiger partial charge in [0, 0.05) is 17.7 Å². The van der Waals surface area contributed by atoms with E-state index < -0.39 is 0 Å². The van der Waals surface area contributed by atoms with Crippen LogP contribution in [-0.4, -0.2) is 6.10 Å². The Balaban J connectivity index is 2.19. The molecule has 1 aromatic rings. The van der Waals surface area contributed by atoms with E-state index in [4.69, 9.17) is 10.5 Å². The van der Waals surface area contributed by atoms with Gasteiger partial charge in [-0.25, -0.2) is 4.39 Å². The predicted octanol–water partition coefficient (Wildman–Crippen LogP) is 4.19. The highest BCUT2D eigenvalue weighted by molar-refractivity contribution is 5.36. The molecule has 1 aliphatic rings. The Morgan fingerprint density at radius 2 is 2.11 bits per heavy atom. The van der Waals surface area contributed by atoms with Crippen LogP contribution in [0.1, 0.15) is 57.6 Å². The van der Waals surface area contributed by atoms with Crippen molar-refractivity contribution in [2.75, 3.05) is 0 Å². The summed E-state index contributed by atoms with van der Waals surface area (Å²) in [6.45, 7) is 4.10. The average Bonchev–Trinajstić information content (AvgIpc) is 2.39. The summed E-state index contributed by atoms with van der Waals surface area (Å²) in [5.41, 5.74) is 6.83. The lowest BCUT2D eigenvalue weighted by Gasteiger charge is -2.32. The molecule has 1 fully saturated rings. The summed E-state index contributed by atoms with van der Waals surface area (Å²) in [5, 5.41) is 0. The number of nitrogens with two attached hydrogens (primary N) is 1. The SMILES string of the molecule is CCC1CCCCC1Oc1cc(F)ccc1[C@@H](C)N. The van der Waals surface area contributed by atoms with E-state index in [9.17, 15) is 4.39 Å². The standard InChI is InChI=1S/C16H24FNO/c1-3-12-6-4-5-7-15(12)19-16-10-13(17)8-9-14(16)11(2)18/h8-12,15H,3-7,18H2,1-2H3/t11-,12?,15?/m1/s1. The van der Waals surface area contributed by atoms with Crippen LogP contribution in [0.4, 0.5) is 4.39 Å². The van der Waals surface area contributed by atoms with E-state index in [2.05, 4.69) is 6.92 Å². The van der Waals surface area contributed by atoms with E-state index in [1.54, 1.807) is 6.07 Å². The molecule has 19 heavy (non-hydrogen) atoms. The Morgan fingerprint density at radius 1 is 1.37 bits per heavy atom. The molecular formula is C16H24FNO. The van der Waals surface area contributed by atoms with Gasteiger partial charge in [0.15, 0.2) is 0 Å². The fourth-order valence-corrected chi connectivity index (χ4v) is 2.95. The summed E-state index contributed by atoms with van der Waals surface area (Å²) in [7, 11) is 0. The van der Waals surface area contributed by atoms with Gasteiger partial charge in [-0.1, -0.05) is 19.4 Å². The predicted molar refractivity (Wildman–Crippen MR) is 75.7 cm³/mol. The summed E-state index contributed by atoms with van der Waals surface area (Å²) < 4.78 is 19.5. The minimum absolute atomic E-state index is 0.140. The van der Waals surface area contributed by atoms with E-state index in [0.29, 0.717) is 11.7 Å². The highest BCUT2D eigenvalue weighted by Gasteiger charge is 2.26. The van der Waals surface area contributed by atoms with E-state index in [1.807, 2.05) is 6.92 Å². The van der Waals surface area contributed by atoms with Gasteiger partial charge in [-0.2, -0.15) is 0 Å². The van der Waals surface area contributed by atoms with Crippen molar-refractivity contribution in [1.29, 1.82) is 0 Å². The zero-order valence-corrected chi connectivity index (χ0v) is 11.9. The van der Waals surface area contributed by atoms with Crippen molar-refractivity contribution in [3.05, 3.63) is 29.6 Å². The fourth-order valence-electron chi connectivity index (χ4n) is 2.95. The van der Waals surface area contributed by atoms with Crippen LogP contribution in [0, 0.1) is 11.7 Å². The molecule has 2 unspecified atom stereocenters. The van der Waals surface area contributed by atoms with Crippen LogP contribution < -0.4 is 10.5 Å². The quantitative estimate of drug-likeness (QED) is 0.885. The Kier molecular flexibility index (Phi) is 4.81. The number of halogens is 1. The van der Waals surface area contributed by atoms with Crippen LogP contribution in [0.3, 0.4) is 0 Å². The molecule has 1 aliphatic carbocycles. The van der Waals surface area contributed by atoms with Crippen LogP contribution in [0.25, 0.3) is 0 Å². The number of ether oxygens (including phenoxy) is 1. The molecule has 0 aromatic heterocycles. The van der Waals surface area contributed by atoms with Crippen LogP contribution in [0.15, 0.2) is 18.2 Å². The first kappa shape index (κ1) is 14.3. The molecule has 0 saturated heterocycles. The van der Waals surface area contributed by atoms with Crippen LogP contribution in [0.2, 0.25) is 0 Å². The first-order valence-electron chi connectivity index (χ1n) is 7.33. The molecule has 0 bridgehead atoms. The largest absolute Gasteiger partial charge is 0.490 e. The lowest BCUT2D eigenvalue weighted by molar-refractivity contribution is 0.0888. The van der Waals surface area contributed by atoms with Crippen molar-refractivity contribution in [3.63, 3.8) is 0 Å². The Labute approximate surface area is 115 Å². The molecule has 1 aromatic carbocycles. The monoisotopic (exact) mass is 265 g/mol. The highest BCUT2D eigenvalue weighted by Crippen LogP contribution is 2.33. The van der Waals surface area contributed by atoms with E-state index >= 15 is 0 Å². The van der Waals surface area contributed by atoms with E-state index in [1.165, 1.54) is 31.4 Å². The van der Waals surface area contributed by atoms with Gasteiger partial charge in [0.25, 0.3) is 0 Å². The number of hydrogen-bond acceptors (Lipinski definition) is 2. The Hall–Kier alpha value is -1.09. The first-order chi connectivity index (χ1) is 9.11. The van der Waals surface area contributed by atoms with Crippen molar-refractivity contribution in [2.45, 2.75) is 58.1 Å². The van der Waals surface area contributed by atoms with Gasteiger partial charge >= 0.3 is 0 Å². The maximum absolute atomic E-state index is 13.4. The summed E-state index contributed by atoms with van der Waals surface area (Å²) in [6.07, 6.45) is 6.08. The maximum Gasteiger partial charge on any atom is 0.127 e. The molecule has 0 spiro atoms. The summed E-state index contributed by atoms with van der Waals surface area (Å²) in [5.74, 6) is 0.946. The van der Waals surface area contributed by atoms with Gasteiger partial charge in [0.1, 0.15) is 17.7 Å². The molecular weight excluding hydrogens is 241 g/mol. The zero-order valence-electron chi connectivity index (χ0n) is 11.9. The van der Waals surface area contributed by atoms with Gasteiger partial charge in [0.2, 0.25) is 0 Å². The highest BCUT2D eigenvalue weighted by atomic mass is 19.1. The Morgan fingerprint density at radius 3 is 2.79 bits per heavy atom. The Bertz CT molecular complexity index is 419. The van der Waals surface area contributed by atoms with Crippen molar-refractivity contribution in [2.24, 2.45) is 11.7 Å². The molecule has 0 amide bonds. The second-order valence-corrected chi connectivity index (χ2v) is 5.58. The third-order valence-electron chi connectivity index (χ3n) is 4.11. The van der Waals surface area contributed by atoms with Gasteiger partial charge in [-0.05, 0) is 44.6 Å². The summed E-state index contributed by atoms with van der Waals surface area (Å²) in [6, 6.07) is 4.52. The lowest BCUT2D eigenvalue weighted by Crippen LogP contribution is -2.30. The molecule has 3 atom stereocenters. The van der Waals surface area contributed by atoms with Gasteiger partial charge in [-0.3, -0.25) is 0 Å². The normalized spacial score (nSPS) is 25.1. The molecule has 2 N–H and O–H groups in total. The first-order valence-corrected chi connectivity index (χ1v) is 7.33. The van der Waals surface area contributed by atoms with E-state index in [0.717, 1.165) is 18.4 Å². The molecule has 1 saturated carbocycles. The lowest BCUT2D eigenvalue weighted by atomic mass is 9.84. The average molecular weight is 265 g/mol. The number of rotatable bonds is 4. The van der Waals surface area contributed by atoms with Crippen molar-refractivity contribution >= 4 is 0 Å². The maximum atomic E-state index is 13.4. The minimum Gasteiger partial charge on any atom is -0.490 e. The molecule has 0 aliphatic heterocycles. The third kappa shape index (κ3) is 3.47. The van der Waals surface area contributed by atoms with E-state index in [-0.39, 0.29) is 18.0 Å². The summed E-state index contributed by atoms with van der Waals surface area (Å²) in [4.78, 5) is 0. The molecule has 2 nitrogen and oxygen atoms in total. The molecule has 0 radical (unpaired) electrons. The zero-order chi connectivity index (χ0) is 13.8. The van der Waals surface area contributed by atoms with Crippen molar-refractivity contribution < 1.29 is 9.13 Å². The molecule has 3 heteroatoms. The smallest absolute Gasteiger partial charge is 0.127 e. The minimum atomic E-state index is -0.261. The van der Waals surface area contributed by atoms with Gasteiger partial charge in [0.05, 0.1) is 0 Å². The second kappa shape index (κ2) is 6.38. The van der Waals surface area contributed by atoms with Gasteiger partial charge < -0.3 is 10.5 Å². The topological polar surface area (TPSA) is 35.2 Å². The van der Waals surface area contributed by atoms with Crippen molar-refractivity contribution in [3.8, 4) is 5.75 Å². The molecule has 2 rings (SSSR count). The summed E-state index contributed by atoms with van der Waals surface area (Å²) >= 11 is 0. The second-order valence-electron chi connectivity index (χ2n) is 5.58. The van der Waals surface area contributed by atoms with Gasteiger partial charge in [-0.15, -0.1) is 0 Å². The fraction of sp³-hybridized carbons (Fsp3) is 0.625. The van der Waals surface area contributed by atoms with Crippen molar-refractivity contribution in [1.82, 2.24) is 0 Å². The van der Waals surface area contributed by atoms with Crippen LogP contribution in [0.5, 0.6) is 5.75 Å². The molecule has 106 valence electrons. The molecule has 0 heterocycles. The van der Waals surface area contributed by atoms with Crippen LogP contribution in [-0.2, 0) is 0 Å². The number of hydrogen-bond donors (Lipinski definition) is 1. The number of benzene rings is 1.